The molecule has 1 heterocycles. The fraction of sp³-hybridized carbons (Fsp3) is 0.364. The van der Waals surface area contributed by atoms with Crippen LogP contribution in [0.1, 0.15) is 19.8 Å². The molecule has 2 aromatic carbocycles. The van der Waals surface area contributed by atoms with Crippen molar-refractivity contribution in [3.63, 3.8) is 0 Å². The van der Waals surface area contributed by atoms with E-state index in [1.165, 1.54) is 11.8 Å². The minimum atomic E-state index is -0.204. The Morgan fingerprint density at radius 1 is 1.14 bits per heavy atom. The molecule has 0 unspecified atom stereocenters. The fourth-order valence-electron chi connectivity index (χ4n) is 3.32. The van der Waals surface area contributed by atoms with Crippen LogP contribution in [0.15, 0.2) is 59.5 Å². The van der Waals surface area contributed by atoms with Gasteiger partial charge in [0.1, 0.15) is 5.75 Å². The van der Waals surface area contributed by atoms with Gasteiger partial charge in [-0.05, 0) is 56.2 Å². The molecule has 0 aliphatic carbocycles. The Morgan fingerprint density at radius 2 is 1.86 bits per heavy atom. The van der Waals surface area contributed by atoms with Gasteiger partial charge in [0.05, 0.1) is 18.3 Å². The summed E-state index contributed by atoms with van der Waals surface area (Å²) in [6.45, 7) is 3.11. The molecule has 1 aliphatic rings. The van der Waals surface area contributed by atoms with E-state index in [9.17, 15) is 9.59 Å². The van der Waals surface area contributed by atoms with Crippen LogP contribution in [0.3, 0.4) is 0 Å². The number of nitrogens with zero attached hydrogens (tertiary/aromatic N) is 1. The number of hydrogen-bond acceptors (Lipinski definition) is 4. The highest BCUT2D eigenvalue weighted by atomic mass is 32.2. The third kappa shape index (κ3) is 5.29. The monoisotopic (exact) mass is 398 g/mol. The van der Waals surface area contributed by atoms with Crippen LogP contribution >= 0.6 is 11.8 Å². The van der Waals surface area contributed by atoms with Gasteiger partial charge in [-0.3, -0.25) is 9.59 Å². The number of likely N-dealkylation sites (tertiary alicyclic amines) is 1. The van der Waals surface area contributed by atoms with Crippen LogP contribution in [0.2, 0.25) is 0 Å². The van der Waals surface area contributed by atoms with Gasteiger partial charge < -0.3 is 15.0 Å². The number of anilines is 1. The Labute approximate surface area is 170 Å². The maximum Gasteiger partial charge on any atom is 0.235 e. The lowest BCUT2D eigenvalue weighted by Gasteiger charge is -2.33. The number of rotatable bonds is 6. The molecule has 148 valence electrons. The normalized spacial score (nSPS) is 17.6. The highest BCUT2D eigenvalue weighted by Crippen LogP contribution is 2.28. The SMILES string of the molecule is COc1ccc(S[C@H](C)C(=O)N2CCC[C@@H](C(=O)Nc3ccccc3)C2)cc1. The van der Waals surface area contributed by atoms with Crippen LogP contribution in [0.4, 0.5) is 5.69 Å². The molecule has 5 nitrogen and oxygen atoms in total. The fourth-order valence-corrected chi connectivity index (χ4v) is 4.27. The van der Waals surface area contributed by atoms with E-state index in [0.29, 0.717) is 13.1 Å². The number of ether oxygens (including phenoxy) is 1. The van der Waals surface area contributed by atoms with Gasteiger partial charge in [-0.1, -0.05) is 18.2 Å². The molecule has 6 heteroatoms. The van der Waals surface area contributed by atoms with Crippen molar-refractivity contribution in [1.29, 1.82) is 0 Å². The molecular weight excluding hydrogens is 372 g/mol. The zero-order chi connectivity index (χ0) is 19.9. The van der Waals surface area contributed by atoms with Crippen molar-refractivity contribution in [2.75, 3.05) is 25.5 Å². The maximum absolute atomic E-state index is 12.9. The lowest BCUT2D eigenvalue weighted by atomic mass is 9.96. The van der Waals surface area contributed by atoms with Gasteiger partial charge in [0, 0.05) is 23.7 Å². The largest absolute Gasteiger partial charge is 0.497 e. The predicted molar refractivity (Wildman–Crippen MR) is 113 cm³/mol. The van der Waals surface area contributed by atoms with Gasteiger partial charge in [0.15, 0.2) is 0 Å². The summed E-state index contributed by atoms with van der Waals surface area (Å²) in [7, 11) is 1.63. The number of piperidine rings is 1. The van der Waals surface area contributed by atoms with Crippen molar-refractivity contribution < 1.29 is 14.3 Å². The molecule has 0 spiro atoms. The average Bonchev–Trinajstić information content (AvgIpc) is 2.74. The smallest absolute Gasteiger partial charge is 0.235 e. The molecule has 0 saturated carbocycles. The Morgan fingerprint density at radius 3 is 2.54 bits per heavy atom. The van der Waals surface area contributed by atoms with Gasteiger partial charge in [-0.25, -0.2) is 0 Å². The molecule has 0 aromatic heterocycles. The van der Waals surface area contributed by atoms with Crippen LogP contribution in [0.25, 0.3) is 0 Å². The first-order valence-electron chi connectivity index (χ1n) is 9.52. The van der Waals surface area contributed by atoms with Crippen molar-refractivity contribution in [2.24, 2.45) is 5.92 Å². The summed E-state index contributed by atoms with van der Waals surface area (Å²) < 4.78 is 5.17. The van der Waals surface area contributed by atoms with E-state index in [2.05, 4.69) is 5.32 Å². The first-order chi connectivity index (χ1) is 13.6. The highest BCUT2D eigenvalue weighted by molar-refractivity contribution is 8.00. The number of amides is 2. The minimum absolute atomic E-state index is 0.0147. The lowest BCUT2D eigenvalue weighted by Crippen LogP contribution is -2.46. The summed E-state index contributed by atoms with van der Waals surface area (Å²) in [6.07, 6.45) is 1.65. The molecule has 3 rings (SSSR count). The number of methoxy groups -OCH3 is 1. The van der Waals surface area contributed by atoms with Crippen LogP contribution < -0.4 is 10.1 Å². The van der Waals surface area contributed by atoms with E-state index in [-0.39, 0.29) is 23.0 Å². The molecule has 1 aliphatic heterocycles. The van der Waals surface area contributed by atoms with E-state index in [0.717, 1.165) is 29.2 Å². The second-order valence-electron chi connectivity index (χ2n) is 6.91. The molecule has 2 atom stereocenters. The van der Waals surface area contributed by atoms with E-state index >= 15 is 0 Å². The van der Waals surface area contributed by atoms with E-state index in [1.807, 2.05) is 66.4 Å². The molecule has 0 radical (unpaired) electrons. The van der Waals surface area contributed by atoms with Crippen molar-refractivity contribution >= 4 is 29.3 Å². The second-order valence-corrected chi connectivity index (χ2v) is 8.33. The number of thioether (sulfide) groups is 1. The first kappa shape index (κ1) is 20.3. The molecular formula is C22H26N2O3S. The van der Waals surface area contributed by atoms with Crippen molar-refractivity contribution in [2.45, 2.75) is 29.9 Å². The van der Waals surface area contributed by atoms with E-state index in [4.69, 9.17) is 4.74 Å². The van der Waals surface area contributed by atoms with Crippen LogP contribution in [-0.2, 0) is 9.59 Å². The number of benzene rings is 2. The van der Waals surface area contributed by atoms with Gasteiger partial charge >= 0.3 is 0 Å². The standard InChI is InChI=1S/C22H26N2O3S/c1-16(28-20-12-10-19(27-2)11-13-20)22(26)24-14-6-7-17(15-24)21(25)23-18-8-4-3-5-9-18/h3-5,8-13,16-17H,6-7,14-15H2,1-2H3,(H,23,25)/t16-,17-/m1/s1. The van der Waals surface area contributed by atoms with E-state index < -0.39 is 0 Å². The molecule has 1 N–H and O–H groups in total. The summed E-state index contributed by atoms with van der Waals surface area (Å²) in [5.74, 6) is 0.694. The third-order valence-corrected chi connectivity index (χ3v) is 5.96. The van der Waals surface area contributed by atoms with E-state index in [1.54, 1.807) is 7.11 Å². The summed E-state index contributed by atoms with van der Waals surface area (Å²) in [4.78, 5) is 28.3. The maximum atomic E-state index is 12.9. The summed E-state index contributed by atoms with van der Waals surface area (Å²) >= 11 is 1.53. The quantitative estimate of drug-likeness (QED) is 0.746. The number of para-hydroxylation sites is 1. The lowest BCUT2D eigenvalue weighted by molar-refractivity contribution is -0.133. The summed E-state index contributed by atoms with van der Waals surface area (Å²) in [5.41, 5.74) is 0.791. The van der Waals surface area contributed by atoms with Crippen molar-refractivity contribution in [3.8, 4) is 5.75 Å². The zero-order valence-electron chi connectivity index (χ0n) is 16.3. The molecule has 2 aromatic rings. The zero-order valence-corrected chi connectivity index (χ0v) is 17.1. The number of nitrogens with one attached hydrogen (secondary N) is 1. The van der Waals surface area contributed by atoms with Gasteiger partial charge in [0.2, 0.25) is 11.8 Å². The number of carbonyl (C=O) groups is 2. The molecule has 28 heavy (non-hydrogen) atoms. The highest BCUT2D eigenvalue weighted by Gasteiger charge is 2.30. The average molecular weight is 399 g/mol. The first-order valence-corrected chi connectivity index (χ1v) is 10.4. The van der Waals surface area contributed by atoms with Crippen LogP contribution in [0.5, 0.6) is 5.75 Å². The Balaban J connectivity index is 1.56. The van der Waals surface area contributed by atoms with Crippen LogP contribution in [-0.4, -0.2) is 42.2 Å². The van der Waals surface area contributed by atoms with Gasteiger partial charge in [-0.2, -0.15) is 0 Å². The van der Waals surface area contributed by atoms with Crippen molar-refractivity contribution in [1.82, 2.24) is 4.90 Å². The molecule has 0 bridgehead atoms. The Kier molecular flexibility index (Phi) is 6.98. The topological polar surface area (TPSA) is 58.6 Å². The van der Waals surface area contributed by atoms with Gasteiger partial charge in [-0.15, -0.1) is 11.8 Å². The van der Waals surface area contributed by atoms with Gasteiger partial charge in [0.25, 0.3) is 0 Å². The third-order valence-electron chi connectivity index (χ3n) is 4.87. The van der Waals surface area contributed by atoms with Crippen LogP contribution in [0, 0.1) is 5.92 Å². The summed E-state index contributed by atoms with van der Waals surface area (Å²) in [5, 5.41) is 2.75. The second kappa shape index (κ2) is 9.64. The molecule has 1 saturated heterocycles. The number of hydrogen-bond donors (Lipinski definition) is 1. The Hall–Kier alpha value is -2.47. The summed E-state index contributed by atoms with van der Waals surface area (Å²) in [6, 6.07) is 17.1. The molecule has 1 fully saturated rings. The molecule has 2 amide bonds. The predicted octanol–water partition coefficient (Wildman–Crippen LogP) is 4.05. The Bertz CT molecular complexity index is 795. The number of carbonyl (C=O) groups excluding carboxylic acids is 2. The minimum Gasteiger partial charge on any atom is -0.497 e. The van der Waals surface area contributed by atoms with Crippen molar-refractivity contribution in [3.05, 3.63) is 54.6 Å².